The Labute approximate surface area is 393 Å². The number of hydrogen-bond acceptors (Lipinski definition) is 12. The molecule has 8 atom stereocenters. The lowest BCUT2D eigenvalue weighted by Gasteiger charge is -2.43. The topological polar surface area (TPSA) is 211 Å². The number of ether oxygens (including phenoxy) is 2. The highest BCUT2D eigenvalue weighted by Gasteiger charge is 2.62. The normalized spacial score (nSPS) is 20.3. The second-order valence-corrected chi connectivity index (χ2v) is 19.6. The smallest absolute Gasteiger partial charge is 0.253 e. The highest BCUT2D eigenvalue weighted by Crippen LogP contribution is 2.42. The second-order valence-electron chi connectivity index (χ2n) is 18.6. The molecule has 66 heavy (non-hydrogen) atoms. The molecule has 362 valence electrons. The Hall–Kier alpha value is -4.84. The summed E-state index contributed by atoms with van der Waals surface area (Å²) in [5.41, 5.74) is 4.75. The zero-order valence-electron chi connectivity index (χ0n) is 40.0. The summed E-state index contributed by atoms with van der Waals surface area (Å²) in [7, 11) is 4.67. The summed E-state index contributed by atoms with van der Waals surface area (Å²) < 4.78 is 12.1. The molecule has 2 aromatic rings. The van der Waals surface area contributed by atoms with Crippen LogP contribution in [0.4, 0.5) is 0 Å². The first kappa shape index (κ1) is 52.1. The van der Waals surface area contributed by atoms with E-state index in [9.17, 15) is 33.6 Å². The molecule has 16 nitrogen and oxygen atoms in total. The van der Waals surface area contributed by atoms with E-state index in [4.69, 9.17) is 15.2 Å². The van der Waals surface area contributed by atoms with E-state index in [0.717, 1.165) is 21.9 Å². The van der Waals surface area contributed by atoms with Crippen LogP contribution in [0.5, 0.6) is 0 Å². The Morgan fingerprint density at radius 2 is 1.68 bits per heavy atom. The van der Waals surface area contributed by atoms with Gasteiger partial charge in [-0.3, -0.25) is 38.5 Å². The monoisotopic (exact) mass is 934 g/mol. The maximum absolute atomic E-state index is 14.8. The third-order valence-electron chi connectivity index (χ3n) is 14.0. The fraction of sp³-hybridized carbons (Fsp3) is 0.633. The first-order valence-corrected chi connectivity index (χ1v) is 24.4. The molecular formula is C49H71N7O9S. The zero-order valence-corrected chi connectivity index (χ0v) is 40.8. The van der Waals surface area contributed by atoms with Gasteiger partial charge in [0.15, 0.2) is 11.3 Å². The number of ketones is 1. The summed E-state index contributed by atoms with van der Waals surface area (Å²) in [4.78, 5) is 104. The second kappa shape index (κ2) is 23.3. The van der Waals surface area contributed by atoms with Crippen molar-refractivity contribution >= 4 is 52.6 Å². The fourth-order valence-corrected chi connectivity index (χ4v) is 10.3. The Morgan fingerprint density at radius 3 is 2.26 bits per heavy atom. The van der Waals surface area contributed by atoms with E-state index in [-0.39, 0.29) is 60.9 Å². The number of hydrogen-bond donors (Lipinski definition) is 3. The predicted molar refractivity (Wildman–Crippen MR) is 250 cm³/mol. The van der Waals surface area contributed by atoms with Gasteiger partial charge in [-0.1, -0.05) is 77.8 Å². The number of imide groups is 1. The molecule has 4 N–H and O–H groups in total. The van der Waals surface area contributed by atoms with Crippen molar-refractivity contribution in [2.75, 3.05) is 34.4 Å². The molecule has 0 bridgehead atoms. The first-order chi connectivity index (χ1) is 31.4. The Bertz CT molecular complexity index is 2030. The van der Waals surface area contributed by atoms with Gasteiger partial charge in [0, 0.05) is 64.5 Å². The molecule has 6 amide bonds. The minimum atomic E-state index is -2.00. The number of rotatable bonds is 26. The Balaban J connectivity index is 1.24. The third-order valence-corrected chi connectivity index (χ3v) is 14.9. The van der Waals surface area contributed by atoms with Crippen LogP contribution >= 0.6 is 11.3 Å². The average Bonchev–Trinajstić information content (AvgIpc) is 3.61. The lowest BCUT2D eigenvalue weighted by atomic mass is 9.77. The summed E-state index contributed by atoms with van der Waals surface area (Å²) >= 11 is 1.48. The number of likely N-dealkylation sites (tertiary alicyclic amines) is 1. The number of nitrogens with zero attached hydrogens (tertiary/aromatic N) is 4. The van der Waals surface area contributed by atoms with Crippen molar-refractivity contribution in [1.82, 2.24) is 30.3 Å². The number of likely N-dealkylation sites (N-methyl/N-ethyl adjacent to an activating group) is 1. The Kier molecular flexibility index (Phi) is 18.4. The number of carbonyl (C=O) groups excluding carboxylic acids is 7. The number of amides is 6. The third kappa shape index (κ3) is 12.0. The summed E-state index contributed by atoms with van der Waals surface area (Å²) in [5, 5.41) is 8.80. The summed E-state index contributed by atoms with van der Waals surface area (Å²) in [6.45, 7) is 9.93. The predicted octanol–water partition coefficient (Wildman–Crippen LogP) is 4.52. The molecule has 3 aliphatic rings. The van der Waals surface area contributed by atoms with Gasteiger partial charge in [-0.05, 0) is 62.3 Å². The quantitative estimate of drug-likeness (QED) is 0.0679. The van der Waals surface area contributed by atoms with Gasteiger partial charge in [-0.15, -0.1) is 11.3 Å². The van der Waals surface area contributed by atoms with E-state index in [1.54, 1.807) is 39.1 Å². The number of thiazole rings is 1. The number of nitrogens with one attached hydrogen (secondary N) is 2. The van der Waals surface area contributed by atoms with Crippen LogP contribution in [-0.2, 0) is 49.5 Å². The number of unbranched alkanes of at least 4 members (excludes halogenated alkanes) is 2. The number of carbonyl (C=O) groups is 7. The average molecular weight is 934 g/mol. The number of Topliss-reactive ketones (excluding diaryl/α,β-unsaturated/α-hetero) is 1. The van der Waals surface area contributed by atoms with Crippen LogP contribution in [-0.4, -0.2) is 131 Å². The molecule has 3 heterocycles. The van der Waals surface area contributed by atoms with Gasteiger partial charge in [0.2, 0.25) is 17.7 Å². The molecule has 1 aromatic carbocycles. The summed E-state index contributed by atoms with van der Waals surface area (Å²) in [5.74, 6) is -4.05. The minimum Gasteiger partial charge on any atom is -0.379 e. The molecule has 2 aliphatic heterocycles. The standard InChI is InChI=1S/C49H71N7O9S/c1-9-32(4)42(54(6)47(63)49(50,31(2)3)46(62)48(23-24-48)53-38(57)20-14-11-15-26-56-39(58)21-22-40(56)59)37(64-7)30-41(60)55-27-16-19-36(55)43(65-8)33(5)44(61)52-35(45-51-25-28-66-45)29-34-17-12-10-13-18-34/h10,12-13,17-18,21-22,25,28,31-33,35-37,42-43H,9,11,14-16,19-20,23-24,26-27,29-30,50H2,1-8H3,(H,52,61)(H,53,57)/t32-,33+,35-,36-,37+,42-,43+,49+/m0/s1. The van der Waals surface area contributed by atoms with Crippen LogP contribution in [0.15, 0.2) is 54.1 Å². The molecule has 0 spiro atoms. The van der Waals surface area contributed by atoms with Crippen LogP contribution in [0, 0.1) is 17.8 Å². The van der Waals surface area contributed by atoms with Gasteiger partial charge in [0.05, 0.1) is 42.7 Å². The van der Waals surface area contributed by atoms with E-state index in [1.165, 1.54) is 35.5 Å². The number of methoxy groups -OCH3 is 2. The Morgan fingerprint density at radius 1 is 1.00 bits per heavy atom. The van der Waals surface area contributed by atoms with Crippen molar-refractivity contribution < 1.29 is 43.0 Å². The molecule has 5 rings (SSSR count). The zero-order chi connectivity index (χ0) is 48.3. The van der Waals surface area contributed by atoms with Crippen molar-refractivity contribution in [3.05, 3.63) is 64.6 Å². The highest BCUT2D eigenvalue weighted by molar-refractivity contribution is 7.09. The van der Waals surface area contributed by atoms with Gasteiger partial charge in [0.1, 0.15) is 10.5 Å². The number of nitrogens with two attached hydrogens (primary N) is 1. The van der Waals surface area contributed by atoms with Gasteiger partial charge >= 0.3 is 0 Å². The summed E-state index contributed by atoms with van der Waals surface area (Å²) in [6.07, 6.45) is 7.71. The fourth-order valence-electron chi connectivity index (χ4n) is 9.60. The minimum absolute atomic E-state index is 0.0748. The van der Waals surface area contributed by atoms with Crippen molar-refractivity contribution in [3.63, 3.8) is 0 Å². The van der Waals surface area contributed by atoms with E-state index in [0.29, 0.717) is 57.9 Å². The number of benzene rings is 1. The van der Waals surface area contributed by atoms with E-state index >= 15 is 0 Å². The molecule has 17 heteroatoms. The molecule has 0 unspecified atom stereocenters. The first-order valence-electron chi connectivity index (χ1n) is 23.5. The molecule has 1 aliphatic carbocycles. The van der Waals surface area contributed by atoms with E-state index in [2.05, 4.69) is 15.6 Å². The van der Waals surface area contributed by atoms with Gasteiger partial charge in [-0.2, -0.15) is 0 Å². The van der Waals surface area contributed by atoms with Crippen molar-refractivity contribution in [3.8, 4) is 0 Å². The van der Waals surface area contributed by atoms with Crippen LogP contribution in [0.1, 0.15) is 115 Å². The van der Waals surface area contributed by atoms with Crippen LogP contribution < -0.4 is 16.4 Å². The maximum atomic E-state index is 14.8. The molecule has 0 radical (unpaired) electrons. The summed E-state index contributed by atoms with van der Waals surface area (Å²) in [6, 6.07) is 8.52. The highest BCUT2D eigenvalue weighted by atomic mass is 32.1. The maximum Gasteiger partial charge on any atom is 0.253 e. The lowest BCUT2D eigenvalue weighted by Crippen LogP contribution is -2.70. The van der Waals surface area contributed by atoms with Crippen LogP contribution in [0.25, 0.3) is 0 Å². The van der Waals surface area contributed by atoms with Crippen LogP contribution in [0.2, 0.25) is 0 Å². The molecule has 2 fully saturated rings. The largest absolute Gasteiger partial charge is 0.379 e. The van der Waals surface area contributed by atoms with Gasteiger partial charge < -0.3 is 35.6 Å². The van der Waals surface area contributed by atoms with Crippen LogP contribution in [0.3, 0.4) is 0 Å². The molecule has 1 saturated carbocycles. The van der Waals surface area contributed by atoms with E-state index < -0.39 is 58.9 Å². The van der Waals surface area contributed by atoms with Crippen molar-refractivity contribution in [1.29, 1.82) is 0 Å². The lowest BCUT2D eigenvalue weighted by molar-refractivity contribution is -0.154. The van der Waals surface area contributed by atoms with Gasteiger partial charge in [0.25, 0.3) is 17.7 Å². The van der Waals surface area contributed by atoms with Crippen molar-refractivity contribution in [2.24, 2.45) is 23.5 Å². The molecule has 1 saturated heterocycles. The van der Waals surface area contributed by atoms with Crippen molar-refractivity contribution in [2.45, 2.75) is 147 Å². The molecule has 1 aromatic heterocycles. The number of aromatic nitrogens is 1. The van der Waals surface area contributed by atoms with Gasteiger partial charge in [-0.25, -0.2) is 4.98 Å². The molecular weight excluding hydrogens is 863 g/mol. The SMILES string of the molecule is CC[C@H](C)[C@@H]([C@@H](CC(=O)N1CCC[C@H]1[C@H](OC)[C@@H](C)C(=O)N[C@@H](Cc1ccccc1)c1nccs1)OC)N(C)C(=O)[C@](N)(C(=O)C1(NC(=O)CCCCCN2C(=O)C=CC2=O)CC1)C(C)C. The van der Waals surface area contributed by atoms with E-state index in [1.807, 2.05) is 56.5 Å².